The van der Waals surface area contributed by atoms with Crippen LogP contribution in [0.4, 0.5) is 5.69 Å². The number of carbonyl (C=O) groups excluding carboxylic acids is 1. The van der Waals surface area contributed by atoms with Gasteiger partial charge in [-0.3, -0.25) is 0 Å². The van der Waals surface area contributed by atoms with Crippen LogP contribution in [0.2, 0.25) is 0 Å². The molecule has 0 aromatic heterocycles. The fourth-order valence-corrected chi connectivity index (χ4v) is 2.46. The molecule has 0 spiro atoms. The molecule has 1 N–H and O–H groups in total. The molecule has 0 radical (unpaired) electrons. The van der Waals surface area contributed by atoms with Gasteiger partial charge in [0.25, 0.3) is 0 Å². The average Bonchev–Trinajstić information content (AvgIpc) is 2.45. The fourth-order valence-electron chi connectivity index (χ4n) is 2.46. The number of hydrogen-bond acceptors (Lipinski definition) is 4. The van der Waals surface area contributed by atoms with Gasteiger partial charge in [0, 0.05) is 18.9 Å². The maximum Gasteiger partial charge on any atom is 0.328 e. The van der Waals surface area contributed by atoms with Crippen LogP contribution in [0.5, 0.6) is 0 Å². The lowest BCUT2D eigenvalue weighted by molar-refractivity contribution is -0.143. The van der Waals surface area contributed by atoms with Crippen LogP contribution in [-0.4, -0.2) is 32.3 Å². The van der Waals surface area contributed by atoms with Crippen molar-refractivity contribution in [2.75, 3.05) is 25.6 Å². The zero-order chi connectivity index (χ0) is 13.7. The summed E-state index contributed by atoms with van der Waals surface area (Å²) in [5, 5.41) is 3.31. The molecule has 1 aromatic carbocycles. The number of hydrogen-bond donors (Lipinski definition) is 1. The van der Waals surface area contributed by atoms with Crippen LogP contribution >= 0.6 is 0 Å². The molecule has 1 atom stereocenters. The molecule has 1 aliphatic heterocycles. The first-order valence-electron chi connectivity index (χ1n) is 6.69. The van der Waals surface area contributed by atoms with E-state index in [9.17, 15) is 4.79 Å². The number of aryl methyl sites for hydroxylation is 1. The molecule has 19 heavy (non-hydrogen) atoms. The third kappa shape index (κ3) is 3.70. The molecule has 1 heterocycles. The molecular formula is C15H21NO3. The molecule has 0 bridgehead atoms. The van der Waals surface area contributed by atoms with Crippen LogP contribution < -0.4 is 5.32 Å². The predicted molar refractivity (Wildman–Crippen MR) is 74.1 cm³/mol. The van der Waals surface area contributed by atoms with Gasteiger partial charge in [-0.15, -0.1) is 0 Å². The Bertz CT molecular complexity index is 427. The van der Waals surface area contributed by atoms with Crippen molar-refractivity contribution in [1.29, 1.82) is 0 Å². The van der Waals surface area contributed by atoms with Gasteiger partial charge in [-0.2, -0.15) is 0 Å². The molecule has 104 valence electrons. The van der Waals surface area contributed by atoms with Gasteiger partial charge < -0.3 is 14.8 Å². The summed E-state index contributed by atoms with van der Waals surface area (Å²) in [6.07, 6.45) is 1.77. The number of methoxy groups -OCH3 is 1. The largest absolute Gasteiger partial charge is 0.467 e. The van der Waals surface area contributed by atoms with Crippen molar-refractivity contribution in [2.24, 2.45) is 5.92 Å². The van der Waals surface area contributed by atoms with E-state index in [2.05, 4.69) is 5.32 Å². The van der Waals surface area contributed by atoms with E-state index in [4.69, 9.17) is 9.47 Å². The third-order valence-corrected chi connectivity index (χ3v) is 3.53. The minimum absolute atomic E-state index is 0.201. The molecule has 2 rings (SSSR count). The van der Waals surface area contributed by atoms with Crippen LogP contribution in [0, 0.1) is 12.8 Å². The summed E-state index contributed by atoms with van der Waals surface area (Å²) >= 11 is 0. The number of rotatable bonds is 4. The van der Waals surface area contributed by atoms with Gasteiger partial charge in [-0.25, -0.2) is 4.79 Å². The van der Waals surface area contributed by atoms with E-state index >= 15 is 0 Å². The first kappa shape index (κ1) is 13.9. The summed E-state index contributed by atoms with van der Waals surface area (Å²) in [6.45, 7) is 3.47. The lowest BCUT2D eigenvalue weighted by atomic mass is 9.91. The van der Waals surface area contributed by atoms with Crippen molar-refractivity contribution >= 4 is 11.7 Å². The van der Waals surface area contributed by atoms with E-state index in [1.54, 1.807) is 0 Å². The van der Waals surface area contributed by atoms with E-state index in [1.165, 1.54) is 12.7 Å². The second-order valence-electron chi connectivity index (χ2n) is 4.96. The molecule has 4 nitrogen and oxygen atoms in total. The summed E-state index contributed by atoms with van der Waals surface area (Å²) < 4.78 is 10.3. The normalized spacial score (nSPS) is 17.8. The second kappa shape index (κ2) is 6.57. The smallest absolute Gasteiger partial charge is 0.328 e. The van der Waals surface area contributed by atoms with E-state index < -0.39 is 0 Å². The fraction of sp³-hybridized carbons (Fsp3) is 0.533. The Kier molecular flexibility index (Phi) is 4.80. The zero-order valence-electron chi connectivity index (χ0n) is 11.5. The summed E-state index contributed by atoms with van der Waals surface area (Å²) in [7, 11) is 1.44. The molecule has 1 fully saturated rings. The van der Waals surface area contributed by atoms with Crippen LogP contribution in [-0.2, 0) is 14.3 Å². The Morgan fingerprint density at radius 1 is 1.42 bits per heavy atom. The van der Waals surface area contributed by atoms with Gasteiger partial charge in [0.1, 0.15) is 6.04 Å². The minimum Gasteiger partial charge on any atom is -0.467 e. The topological polar surface area (TPSA) is 47.6 Å². The molecular weight excluding hydrogens is 242 g/mol. The number of carbonyl (C=O) groups is 1. The predicted octanol–water partition coefficient (Wildman–Crippen LogP) is 2.38. The quantitative estimate of drug-likeness (QED) is 0.847. The van der Waals surface area contributed by atoms with Crippen LogP contribution in [0.25, 0.3) is 0 Å². The number of esters is 1. The summed E-state index contributed by atoms with van der Waals surface area (Å²) in [5.74, 6) is 0.0649. The Balaban J connectivity index is 2.11. The van der Waals surface area contributed by atoms with Gasteiger partial charge >= 0.3 is 5.97 Å². The highest BCUT2D eigenvalue weighted by Gasteiger charge is 2.30. The lowest BCUT2D eigenvalue weighted by Crippen LogP contribution is -2.40. The van der Waals surface area contributed by atoms with E-state index in [0.717, 1.165) is 18.5 Å². The Labute approximate surface area is 114 Å². The molecule has 1 unspecified atom stereocenters. The Hall–Kier alpha value is -1.55. The molecule has 0 amide bonds. The van der Waals surface area contributed by atoms with E-state index in [-0.39, 0.29) is 17.9 Å². The maximum absolute atomic E-state index is 12.0. The molecule has 1 saturated heterocycles. The SMILES string of the molecule is COC(=O)C(Nc1cccc(C)c1)C1CCOCC1. The van der Waals surface area contributed by atoms with Gasteiger partial charge in [0.05, 0.1) is 7.11 Å². The molecule has 1 aromatic rings. The molecule has 0 aliphatic carbocycles. The first-order valence-corrected chi connectivity index (χ1v) is 6.69. The van der Waals surface area contributed by atoms with Crippen LogP contribution in [0.3, 0.4) is 0 Å². The lowest BCUT2D eigenvalue weighted by Gasteiger charge is -2.29. The first-order chi connectivity index (χ1) is 9.20. The number of benzene rings is 1. The van der Waals surface area contributed by atoms with E-state index in [0.29, 0.717) is 13.2 Å². The Morgan fingerprint density at radius 2 is 2.16 bits per heavy atom. The zero-order valence-corrected chi connectivity index (χ0v) is 11.5. The van der Waals surface area contributed by atoms with Crippen molar-refractivity contribution in [1.82, 2.24) is 0 Å². The average molecular weight is 263 g/mol. The van der Waals surface area contributed by atoms with Gasteiger partial charge in [0.2, 0.25) is 0 Å². The van der Waals surface area contributed by atoms with Crippen molar-refractivity contribution in [2.45, 2.75) is 25.8 Å². The van der Waals surface area contributed by atoms with E-state index in [1.807, 2.05) is 31.2 Å². The Morgan fingerprint density at radius 3 is 2.79 bits per heavy atom. The van der Waals surface area contributed by atoms with Gasteiger partial charge in [-0.05, 0) is 43.4 Å². The highest BCUT2D eigenvalue weighted by molar-refractivity contribution is 5.79. The van der Waals surface area contributed by atoms with Gasteiger partial charge in [0.15, 0.2) is 0 Å². The van der Waals surface area contributed by atoms with Crippen LogP contribution in [0.15, 0.2) is 24.3 Å². The maximum atomic E-state index is 12.0. The second-order valence-corrected chi connectivity index (χ2v) is 4.96. The highest BCUT2D eigenvalue weighted by atomic mass is 16.5. The monoisotopic (exact) mass is 263 g/mol. The molecule has 1 aliphatic rings. The van der Waals surface area contributed by atoms with Crippen molar-refractivity contribution < 1.29 is 14.3 Å². The summed E-state index contributed by atoms with van der Waals surface area (Å²) in [4.78, 5) is 12.0. The van der Waals surface area contributed by atoms with Crippen LogP contribution in [0.1, 0.15) is 18.4 Å². The number of ether oxygens (including phenoxy) is 2. The minimum atomic E-state index is -0.296. The summed E-state index contributed by atoms with van der Waals surface area (Å²) in [6, 6.07) is 7.73. The molecule has 0 saturated carbocycles. The number of nitrogens with one attached hydrogen (secondary N) is 1. The highest BCUT2D eigenvalue weighted by Crippen LogP contribution is 2.23. The van der Waals surface area contributed by atoms with Gasteiger partial charge in [-0.1, -0.05) is 12.1 Å². The van der Waals surface area contributed by atoms with Crippen molar-refractivity contribution in [3.05, 3.63) is 29.8 Å². The number of anilines is 1. The summed E-state index contributed by atoms with van der Waals surface area (Å²) in [5.41, 5.74) is 2.13. The third-order valence-electron chi connectivity index (χ3n) is 3.53. The molecule has 4 heteroatoms. The van der Waals surface area contributed by atoms with Crippen molar-refractivity contribution in [3.8, 4) is 0 Å². The van der Waals surface area contributed by atoms with Crippen molar-refractivity contribution in [3.63, 3.8) is 0 Å². The standard InChI is InChI=1S/C15H21NO3/c1-11-4-3-5-13(10-11)16-14(15(17)18-2)12-6-8-19-9-7-12/h3-5,10,12,14,16H,6-9H2,1-2H3.